The maximum Gasteiger partial charge on any atom is 0.0332 e. The summed E-state index contributed by atoms with van der Waals surface area (Å²) in [5.41, 5.74) is 1.21. The Balaban J connectivity index is 2.96. The molecule has 1 rings (SSSR count). The van der Waals surface area contributed by atoms with Gasteiger partial charge in [0.15, 0.2) is 0 Å². The molecule has 0 aromatic heterocycles. The second-order valence-electron chi connectivity index (χ2n) is 4.80. The van der Waals surface area contributed by atoms with Gasteiger partial charge in [0.05, 0.1) is 0 Å². The van der Waals surface area contributed by atoms with Crippen LogP contribution in [0.1, 0.15) is 38.7 Å². The first-order chi connectivity index (χ1) is 8.22. The average Bonchev–Trinajstić information content (AvgIpc) is 2.42. The van der Waals surface area contributed by atoms with Gasteiger partial charge in [-0.2, -0.15) is 0 Å². The van der Waals surface area contributed by atoms with Crippen LogP contribution in [0.5, 0.6) is 0 Å². The van der Waals surface area contributed by atoms with Gasteiger partial charge < -0.3 is 0 Å². The van der Waals surface area contributed by atoms with E-state index in [1.165, 1.54) is 18.4 Å². The summed E-state index contributed by atoms with van der Waals surface area (Å²) in [7, 11) is 0. The van der Waals surface area contributed by atoms with E-state index in [0.717, 1.165) is 6.42 Å². The standard InChI is InChI=1S/C15H22Cl2/c1-3-13(4-2)10-15(11-16,12-17)14-8-6-5-7-9-14/h5-9,13H,3-4,10-12H2,1-2H3. The molecule has 0 spiro atoms. The number of rotatable bonds is 7. The fourth-order valence-corrected chi connectivity index (χ4v) is 3.15. The van der Waals surface area contributed by atoms with Crippen molar-refractivity contribution in [2.75, 3.05) is 11.8 Å². The van der Waals surface area contributed by atoms with Crippen LogP contribution >= 0.6 is 23.2 Å². The molecule has 0 fully saturated rings. The lowest BCUT2D eigenvalue weighted by molar-refractivity contribution is 0.349. The Morgan fingerprint density at radius 2 is 1.53 bits per heavy atom. The third-order valence-electron chi connectivity index (χ3n) is 3.73. The molecular formula is C15H22Cl2. The van der Waals surface area contributed by atoms with Gasteiger partial charge in [-0.15, -0.1) is 23.2 Å². The lowest BCUT2D eigenvalue weighted by Crippen LogP contribution is -2.33. The SMILES string of the molecule is CCC(CC)CC(CCl)(CCl)c1ccccc1. The van der Waals surface area contributed by atoms with Crippen LogP contribution in [-0.4, -0.2) is 11.8 Å². The van der Waals surface area contributed by atoms with Crippen molar-refractivity contribution in [3.05, 3.63) is 35.9 Å². The molecule has 0 bridgehead atoms. The first-order valence-corrected chi connectivity index (χ1v) is 7.46. The molecule has 0 N–H and O–H groups in total. The first kappa shape index (κ1) is 14.9. The third-order valence-corrected chi connectivity index (χ3v) is 4.76. The Labute approximate surface area is 115 Å². The molecule has 17 heavy (non-hydrogen) atoms. The normalized spacial score (nSPS) is 12.1. The summed E-state index contributed by atoms with van der Waals surface area (Å²) in [5.74, 6) is 1.89. The molecule has 0 nitrogen and oxygen atoms in total. The van der Waals surface area contributed by atoms with Crippen LogP contribution in [0, 0.1) is 5.92 Å². The zero-order valence-electron chi connectivity index (χ0n) is 10.8. The zero-order valence-corrected chi connectivity index (χ0v) is 12.3. The van der Waals surface area contributed by atoms with E-state index in [9.17, 15) is 0 Å². The van der Waals surface area contributed by atoms with E-state index in [0.29, 0.717) is 17.7 Å². The van der Waals surface area contributed by atoms with E-state index in [1.54, 1.807) is 0 Å². The Morgan fingerprint density at radius 3 is 1.94 bits per heavy atom. The lowest BCUT2D eigenvalue weighted by Gasteiger charge is -2.33. The van der Waals surface area contributed by atoms with Crippen molar-refractivity contribution in [3.8, 4) is 0 Å². The molecule has 0 heterocycles. The van der Waals surface area contributed by atoms with Crippen LogP contribution in [0.2, 0.25) is 0 Å². The highest BCUT2D eigenvalue weighted by Gasteiger charge is 2.32. The van der Waals surface area contributed by atoms with Crippen molar-refractivity contribution in [2.45, 2.75) is 38.5 Å². The smallest absolute Gasteiger partial charge is 0.0332 e. The number of halogens is 2. The van der Waals surface area contributed by atoms with Crippen LogP contribution in [0.25, 0.3) is 0 Å². The molecule has 0 aliphatic rings. The lowest BCUT2D eigenvalue weighted by atomic mass is 9.75. The van der Waals surface area contributed by atoms with Crippen molar-refractivity contribution >= 4 is 23.2 Å². The molecule has 96 valence electrons. The molecule has 0 aliphatic heterocycles. The molecule has 0 unspecified atom stereocenters. The summed E-state index contributed by atoms with van der Waals surface area (Å²) >= 11 is 12.5. The molecule has 0 amide bonds. The first-order valence-electron chi connectivity index (χ1n) is 6.39. The molecule has 1 aromatic carbocycles. The minimum absolute atomic E-state index is 0.0684. The summed E-state index contributed by atoms with van der Waals surface area (Å²) in [6.45, 7) is 4.48. The monoisotopic (exact) mass is 272 g/mol. The predicted octanol–water partition coefficient (Wildman–Crippen LogP) is 5.23. The van der Waals surface area contributed by atoms with Crippen molar-refractivity contribution < 1.29 is 0 Å². The van der Waals surface area contributed by atoms with E-state index in [1.807, 2.05) is 6.07 Å². The fraction of sp³-hybridized carbons (Fsp3) is 0.600. The largest absolute Gasteiger partial charge is 0.126 e. The van der Waals surface area contributed by atoms with Crippen molar-refractivity contribution in [1.29, 1.82) is 0 Å². The van der Waals surface area contributed by atoms with E-state index < -0.39 is 0 Å². The van der Waals surface area contributed by atoms with Gasteiger partial charge in [0.1, 0.15) is 0 Å². The molecule has 0 radical (unpaired) electrons. The highest BCUT2D eigenvalue weighted by molar-refractivity contribution is 6.22. The van der Waals surface area contributed by atoms with Gasteiger partial charge in [-0.25, -0.2) is 0 Å². The molecule has 1 aromatic rings. The Kier molecular flexibility index (Phi) is 6.37. The van der Waals surface area contributed by atoms with Crippen LogP contribution in [-0.2, 0) is 5.41 Å². The second kappa shape index (κ2) is 7.28. The molecule has 2 heteroatoms. The van der Waals surface area contributed by atoms with E-state index in [-0.39, 0.29) is 5.41 Å². The molecule has 0 saturated heterocycles. The Bertz CT molecular complexity index is 300. The molecule has 0 saturated carbocycles. The Morgan fingerprint density at radius 1 is 1.00 bits per heavy atom. The highest BCUT2D eigenvalue weighted by atomic mass is 35.5. The van der Waals surface area contributed by atoms with E-state index >= 15 is 0 Å². The van der Waals surface area contributed by atoms with Crippen LogP contribution in [0.15, 0.2) is 30.3 Å². The van der Waals surface area contributed by atoms with Gasteiger partial charge >= 0.3 is 0 Å². The maximum atomic E-state index is 6.23. The molecule has 0 atom stereocenters. The van der Waals surface area contributed by atoms with Gasteiger partial charge in [-0.1, -0.05) is 57.0 Å². The van der Waals surface area contributed by atoms with E-state index in [4.69, 9.17) is 23.2 Å². The van der Waals surface area contributed by atoms with Gasteiger partial charge in [-0.05, 0) is 17.9 Å². The molecular weight excluding hydrogens is 251 g/mol. The van der Waals surface area contributed by atoms with Crippen molar-refractivity contribution in [3.63, 3.8) is 0 Å². The Hall–Kier alpha value is -0.200. The minimum Gasteiger partial charge on any atom is -0.126 e. The summed E-state index contributed by atoms with van der Waals surface area (Å²) in [5, 5.41) is 0. The van der Waals surface area contributed by atoms with Crippen LogP contribution in [0.4, 0.5) is 0 Å². The summed E-state index contributed by atoms with van der Waals surface area (Å²) in [4.78, 5) is 0. The van der Waals surface area contributed by atoms with E-state index in [2.05, 4.69) is 38.1 Å². The fourth-order valence-electron chi connectivity index (χ4n) is 2.34. The highest BCUT2D eigenvalue weighted by Crippen LogP contribution is 2.36. The van der Waals surface area contributed by atoms with Gasteiger partial charge in [0.25, 0.3) is 0 Å². The number of alkyl halides is 2. The third kappa shape index (κ3) is 3.63. The summed E-state index contributed by atoms with van der Waals surface area (Å²) in [6.07, 6.45) is 3.47. The number of hydrogen-bond acceptors (Lipinski definition) is 0. The minimum atomic E-state index is -0.0684. The summed E-state index contributed by atoms with van der Waals surface area (Å²) < 4.78 is 0. The maximum absolute atomic E-state index is 6.23. The molecule has 0 aliphatic carbocycles. The van der Waals surface area contributed by atoms with Crippen LogP contribution < -0.4 is 0 Å². The van der Waals surface area contributed by atoms with Gasteiger partial charge in [0, 0.05) is 17.2 Å². The van der Waals surface area contributed by atoms with Crippen LogP contribution in [0.3, 0.4) is 0 Å². The number of benzene rings is 1. The topological polar surface area (TPSA) is 0 Å². The zero-order chi connectivity index (χ0) is 12.7. The summed E-state index contributed by atoms with van der Waals surface area (Å²) in [6, 6.07) is 10.5. The van der Waals surface area contributed by atoms with Crippen molar-refractivity contribution in [1.82, 2.24) is 0 Å². The van der Waals surface area contributed by atoms with Gasteiger partial charge in [-0.3, -0.25) is 0 Å². The van der Waals surface area contributed by atoms with Crippen molar-refractivity contribution in [2.24, 2.45) is 5.92 Å². The average molecular weight is 273 g/mol. The predicted molar refractivity (Wildman–Crippen MR) is 78.2 cm³/mol. The number of hydrogen-bond donors (Lipinski definition) is 0. The quantitative estimate of drug-likeness (QED) is 0.597. The van der Waals surface area contributed by atoms with Gasteiger partial charge in [0.2, 0.25) is 0 Å². The second-order valence-corrected chi connectivity index (χ2v) is 5.33.